The fourth-order valence-electron chi connectivity index (χ4n) is 5.44. The van der Waals surface area contributed by atoms with Crippen molar-refractivity contribution in [2.45, 2.75) is 51.9 Å². The summed E-state index contributed by atoms with van der Waals surface area (Å²) in [6.45, 7) is 6.83. The van der Waals surface area contributed by atoms with Gasteiger partial charge in [0.1, 0.15) is 5.75 Å². The van der Waals surface area contributed by atoms with Gasteiger partial charge in [-0.05, 0) is 54.0 Å². The van der Waals surface area contributed by atoms with Crippen LogP contribution < -0.4 is 30.1 Å². The molecular formula is C33H40N6O5S. The molecule has 0 radical (unpaired) electrons. The zero-order chi connectivity index (χ0) is 32.2. The minimum Gasteiger partial charge on any atom is -0.492 e. The average molecular weight is 633 g/mol. The number of fused-ring (bicyclic) bond motifs is 1. The van der Waals surface area contributed by atoms with Crippen LogP contribution >= 0.6 is 0 Å². The van der Waals surface area contributed by atoms with Crippen LogP contribution in [-0.4, -0.2) is 44.3 Å². The second-order valence-electron chi connectivity index (χ2n) is 12.3. The van der Waals surface area contributed by atoms with Gasteiger partial charge >= 0.3 is 6.03 Å². The Bertz CT molecular complexity index is 1800. The summed E-state index contributed by atoms with van der Waals surface area (Å²) in [5.41, 5.74) is 1.57. The van der Waals surface area contributed by atoms with E-state index in [9.17, 15) is 13.2 Å². The third kappa shape index (κ3) is 8.13. The van der Waals surface area contributed by atoms with Crippen LogP contribution in [0.2, 0.25) is 0 Å². The standard InChI is InChI=1S/C33H40N6O5S/c1-33(2,3)22-18-26(30(43-4)27(19-22)39-45(5,41)42)37-32(40)36-25-14-15-28(24-13-9-8-12-23(24)25)44-29-16-17-34-31(38-29)35-20-21-10-6-7-11-21/h8-9,12-19,21,39H,6-7,10-11,20H2,1-5H3,(H,34,35,38)(H2,36,37,40). The third-order valence-corrected chi connectivity index (χ3v) is 8.29. The van der Waals surface area contributed by atoms with Crippen LogP contribution in [0.1, 0.15) is 52.0 Å². The number of hydrogen-bond donors (Lipinski definition) is 4. The second-order valence-corrected chi connectivity index (χ2v) is 14.1. The molecule has 12 heteroatoms. The number of aromatic nitrogens is 2. The van der Waals surface area contributed by atoms with Gasteiger partial charge in [-0.3, -0.25) is 4.72 Å². The number of nitrogens with zero attached hydrogens (tertiary/aromatic N) is 2. The molecule has 1 aliphatic rings. The molecule has 0 unspecified atom stereocenters. The van der Waals surface area contributed by atoms with Gasteiger partial charge < -0.3 is 25.4 Å². The maximum Gasteiger partial charge on any atom is 0.323 e. The van der Waals surface area contributed by atoms with Crippen molar-refractivity contribution in [2.75, 3.05) is 40.6 Å². The van der Waals surface area contributed by atoms with Crippen molar-refractivity contribution >= 4 is 49.8 Å². The first-order valence-electron chi connectivity index (χ1n) is 14.9. The van der Waals surface area contributed by atoms with Gasteiger partial charge in [0.15, 0.2) is 5.75 Å². The summed E-state index contributed by atoms with van der Waals surface area (Å²) < 4.78 is 38.4. The van der Waals surface area contributed by atoms with E-state index in [0.717, 1.165) is 29.1 Å². The topological polar surface area (TPSA) is 144 Å². The number of nitrogens with one attached hydrogen (secondary N) is 4. The minimum atomic E-state index is -3.61. The molecule has 0 bridgehead atoms. The first-order chi connectivity index (χ1) is 21.4. The maximum absolute atomic E-state index is 13.3. The number of carbonyl (C=O) groups is 1. The molecule has 238 valence electrons. The van der Waals surface area contributed by atoms with Gasteiger partial charge in [-0.25, -0.2) is 18.2 Å². The van der Waals surface area contributed by atoms with E-state index < -0.39 is 16.1 Å². The van der Waals surface area contributed by atoms with Crippen molar-refractivity contribution in [3.05, 3.63) is 66.4 Å². The molecule has 5 rings (SSSR count). The first-order valence-corrected chi connectivity index (χ1v) is 16.8. The average Bonchev–Trinajstić information content (AvgIpc) is 3.50. The molecule has 2 amide bonds. The van der Waals surface area contributed by atoms with E-state index in [-0.39, 0.29) is 16.9 Å². The van der Waals surface area contributed by atoms with E-state index in [1.807, 2.05) is 45.0 Å². The van der Waals surface area contributed by atoms with Crippen LogP contribution in [0.5, 0.6) is 17.4 Å². The number of carbonyl (C=O) groups excluding carboxylic acids is 1. The zero-order valence-corrected chi connectivity index (χ0v) is 27.0. The van der Waals surface area contributed by atoms with Gasteiger partial charge in [-0.1, -0.05) is 57.9 Å². The maximum atomic E-state index is 13.3. The van der Waals surface area contributed by atoms with E-state index in [2.05, 4.69) is 30.6 Å². The van der Waals surface area contributed by atoms with Crippen molar-refractivity contribution in [1.82, 2.24) is 9.97 Å². The number of anilines is 4. The molecule has 3 aromatic carbocycles. The molecule has 0 saturated heterocycles. The number of ether oxygens (including phenoxy) is 2. The van der Waals surface area contributed by atoms with Crippen LogP contribution in [0.15, 0.2) is 60.8 Å². The SMILES string of the molecule is COc1c(NC(=O)Nc2ccc(Oc3ccnc(NCC4CCCC4)n3)c3ccccc23)cc(C(C)(C)C)cc1NS(C)(=O)=O. The molecule has 1 heterocycles. The van der Waals surface area contributed by atoms with Gasteiger partial charge in [0.25, 0.3) is 0 Å². The molecule has 1 aromatic heterocycles. The van der Waals surface area contributed by atoms with E-state index >= 15 is 0 Å². The molecular weight excluding hydrogens is 592 g/mol. The van der Waals surface area contributed by atoms with Crippen LogP contribution in [0.4, 0.5) is 27.8 Å². The van der Waals surface area contributed by atoms with E-state index in [4.69, 9.17) is 9.47 Å². The highest BCUT2D eigenvalue weighted by atomic mass is 32.2. The number of methoxy groups -OCH3 is 1. The second kappa shape index (κ2) is 13.2. The molecule has 0 atom stereocenters. The molecule has 1 aliphatic carbocycles. The molecule has 45 heavy (non-hydrogen) atoms. The lowest BCUT2D eigenvalue weighted by atomic mass is 9.86. The fraction of sp³-hybridized carbons (Fsp3) is 0.364. The van der Waals surface area contributed by atoms with Crippen LogP contribution in [0.3, 0.4) is 0 Å². The Kier molecular flexibility index (Phi) is 9.33. The normalized spacial score (nSPS) is 13.8. The number of hydrogen-bond acceptors (Lipinski definition) is 8. The Morgan fingerprint density at radius 3 is 2.33 bits per heavy atom. The van der Waals surface area contributed by atoms with Gasteiger partial charge in [0.2, 0.25) is 21.9 Å². The van der Waals surface area contributed by atoms with Gasteiger partial charge in [0.05, 0.1) is 30.4 Å². The highest BCUT2D eigenvalue weighted by Crippen LogP contribution is 2.40. The quantitative estimate of drug-likeness (QED) is 0.142. The fourth-order valence-corrected chi connectivity index (χ4v) is 5.99. The smallest absolute Gasteiger partial charge is 0.323 e. The lowest BCUT2D eigenvalue weighted by Crippen LogP contribution is -2.22. The van der Waals surface area contributed by atoms with Gasteiger partial charge in [-0.15, -0.1) is 0 Å². The number of benzene rings is 3. The monoisotopic (exact) mass is 632 g/mol. The van der Waals surface area contributed by atoms with E-state index in [1.54, 1.807) is 36.5 Å². The summed E-state index contributed by atoms with van der Waals surface area (Å²) in [7, 11) is -2.19. The molecule has 1 saturated carbocycles. The Morgan fingerprint density at radius 2 is 1.64 bits per heavy atom. The summed E-state index contributed by atoms with van der Waals surface area (Å²) in [6, 6.07) is 15.8. The third-order valence-electron chi connectivity index (χ3n) is 7.70. The van der Waals surface area contributed by atoms with Crippen LogP contribution in [0.25, 0.3) is 10.8 Å². The number of urea groups is 1. The summed E-state index contributed by atoms with van der Waals surface area (Å²) in [5, 5.41) is 10.6. The van der Waals surface area contributed by atoms with Gasteiger partial charge in [-0.2, -0.15) is 4.98 Å². The number of rotatable bonds is 10. The number of amides is 2. The summed E-state index contributed by atoms with van der Waals surface area (Å²) in [4.78, 5) is 22.2. The predicted molar refractivity (Wildman–Crippen MR) is 179 cm³/mol. The van der Waals surface area contributed by atoms with Crippen molar-refractivity contribution in [2.24, 2.45) is 5.92 Å². The molecule has 0 aliphatic heterocycles. The molecule has 1 fully saturated rings. The van der Waals surface area contributed by atoms with E-state index in [0.29, 0.717) is 34.9 Å². The summed E-state index contributed by atoms with van der Waals surface area (Å²) >= 11 is 0. The van der Waals surface area contributed by atoms with Crippen molar-refractivity contribution in [3.63, 3.8) is 0 Å². The Hall–Kier alpha value is -4.58. The molecule has 11 nitrogen and oxygen atoms in total. The largest absolute Gasteiger partial charge is 0.492 e. The Morgan fingerprint density at radius 1 is 0.956 bits per heavy atom. The Balaban J connectivity index is 1.37. The molecule has 4 N–H and O–H groups in total. The van der Waals surface area contributed by atoms with Gasteiger partial charge in [0, 0.05) is 29.6 Å². The first kappa shape index (κ1) is 31.8. The van der Waals surface area contributed by atoms with Crippen LogP contribution in [-0.2, 0) is 15.4 Å². The minimum absolute atomic E-state index is 0.194. The number of sulfonamides is 1. The van der Waals surface area contributed by atoms with Crippen molar-refractivity contribution < 1.29 is 22.7 Å². The summed E-state index contributed by atoms with van der Waals surface area (Å²) in [5.74, 6) is 2.35. The predicted octanol–water partition coefficient (Wildman–Crippen LogP) is 7.35. The highest BCUT2D eigenvalue weighted by Gasteiger charge is 2.23. The molecule has 0 spiro atoms. The summed E-state index contributed by atoms with van der Waals surface area (Å²) in [6.07, 6.45) is 7.74. The van der Waals surface area contributed by atoms with Crippen molar-refractivity contribution in [3.8, 4) is 17.4 Å². The van der Waals surface area contributed by atoms with Crippen molar-refractivity contribution in [1.29, 1.82) is 0 Å². The van der Waals surface area contributed by atoms with Crippen LogP contribution in [0, 0.1) is 5.92 Å². The Labute approximate surface area is 264 Å². The lowest BCUT2D eigenvalue weighted by molar-refractivity contribution is 0.262. The van der Waals surface area contributed by atoms with E-state index in [1.165, 1.54) is 32.8 Å². The molecule has 4 aromatic rings. The lowest BCUT2D eigenvalue weighted by Gasteiger charge is -2.24. The highest BCUT2D eigenvalue weighted by molar-refractivity contribution is 7.92. The zero-order valence-electron chi connectivity index (χ0n) is 26.2.